The molecule has 0 amide bonds. The summed E-state index contributed by atoms with van der Waals surface area (Å²) in [6, 6.07) is 22.8. The molecule has 1 atom stereocenters. The van der Waals surface area contributed by atoms with Crippen LogP contribution in [0.15, 0.2) is 78.9 Å². The van der Waals surface area contributed by atoms with Gasteiger partial charge in [0.15, 0.2) is 11.9 Å². The van der Waals surface area contributed by atoms with Crippen LogP contribution in [-0.2, 0) is 0 Å². The van der Waals surface area contributed by atoms with Gasteiger partial charge in [0.05, 0.1) is 7.11 Å². The number of ketones is 2. The molecule has 4 heteroatoms. The summed E-state index contributed by atoms with van der Waals surface area (Å²) < 4.78 is 10.8. The Morgan fingerprint density at radius 3 is 1.81 bits per heavy atom. The average molecular weight is 360 g/mol. The zero-order chi connectivity index (χ0) is 19.2. The van der Waals surface area contributed by atoms with E-state index in [1.54, 1.807) is 74.7 Å². The van der Waals surface area contributed by atoms with Gasteiger partial charge in [0.2, 0.25) is 5.78 Å². The van der Waals surface area contributed by atoms with Gasteiger partial charge < -0.3 is 9.47 Å². The molecule has 0 aromatic heterocycles. The molecule has 0 bridgehead atoms. The van der Waals surface area contributed by atoms with Crippen molar-refractivity contribution in [3.8, 4) is 11.5 Å². The molecule has 0 aliphatic carbocycles. The summed E-state index contributed by atoms with van der Waals surface area (Å²) in [5.41, 5.74) is 1.76. The number of hydrogen-bond acceptors (Lipinski definition) is 4. The smallest absolute Gasteiger partial charge is 0.202 e. The van der Waals surface area contributed by atoms with E-state index in [4.69, 9.17) is 9.47 Å². The van der Waals surface area contributed by atoms with E-state index >= 15 is 0 Å². The number of hydrogen-bond donors (Lipinski definition) is 0. The Morgan fingerprint density at radius 1 is 0.704 bits per heavy atom. The van der Waals surface area contributed by atoms with Crippen molar-refractivity contribution in [3.63, 3.8) is 0 Å². The molecule has 0 aliphatic heterocycles. The molecular weight excluding hydrogens is 340 g/mol. The molecule has 0 N–H and O–H groups in total. The zero-order valence-corrected chi connectivity index (χ0v) is 15.2. The first kappa shape index (κ1) is 18.4. The quantitative estimate of drug-likeness (QED) is 0.579. The first-order valence-electron chi connectivity index (χ1n) is 8.63. The van der Waals surface area contributed by atoms with Crippen LogP contribution in [0, 0.1) is 0 Å². The van der Waals surface area contributed by atoms with E-state index in [2.05, 4.69) is 0 Å². The minimum Gasteiger partial charge on any atom is -0.497 e. The molecule has 3 aromatic rings. The predicted octanol–water partition coefficient (Wildman–Crippen LogP) is 4.58. The average Bonchev–Trinajstić information content (AvgIpc) is 2.74. The lowest BCUT2D eigenvalue weighted by Gasteiger charge is -2.14. The summed E-state index contributed by atoms with van der Waals surface area (Å²) in [6.07, 6.45) is -0.644. The number of benzene rings is 3. The van der Waals surface area contributed by atoms with Crippen LogP contribution in [0.5, 0.6) is 11.5 Å². The van der Waals surface area contributed by atoms with Crippen molar-refractivity contribution in [2.45, 2.75) is 13.0 Å². The van der Waals surface area contributed by atoms with Crippen molar-refractivity contribution in [1.82, 2.24) is 0 Å². The van der Waals surface area contributed by atoms with Crippen LogP contribution in [0.25, 0.3) is 0 Å². The number of Topliss-reactive ketones (excluding diaryl/α,β-unsaturated/α-hetero) is 1. The van der Waals surface area contributed by atoms with E-state index in [1.807, 2.05) is 18.2 Å². The molecule has 4 nitrogen and oxygen atoms in total. The number of carbonyl (C=O) groups is 2. The van der Waals surface area contributed by atoms with Crippen LogP contribution in [-0.4, -0.2) is 24.8 Å². The van der Waals surface area contributed by atoms with Gasteiger partial charge in [-0.25, -0.2) is 0 Å². The van der Waals surface area contributed by atoms with E-state index < -0.39 is 6.10 Å². The van der Waals surface area contributed by atoms with Crippen LogP contribution in [0.2, 0.25) is 0 Å². The first-order chi connectivity index (χ1) is 13.1. The normalized spacial score (nSPS) is 11.5. The van der Waals surface area contributed by atoms with Crippen molar-refractivity contribution in [3.05, 3.63) is 95.6 Å². The summed E-state index contributed by atoms with van der Waals surface area (Å²) in [4.78, 5) is 24.9. The minimum atomic E-state index is -0.644. The van der Waals surface area contributed by atoms with Gasteiger partial charge in [0.25, 0.3) is 0 Å². The van der Waals surface area contributed by atoms with Crippen molar-refractivity contribution in [1.29, 1.82) is 0 Å². The molecule has 0 heterocycles. The van der Waals surface area contributed by atoms with Crippen LogP contribution in [0.4, 0.5) is 0 Å². The lowest BCUT2D eigenvalue weighted by molar-refractivity contribution is 0.0817. The van der Waals surface area contributed by atoms with E-state index in [0.29, 0.717) is 28.2 Å². The van der Waals surface area contributed by atoms with E-state index in [0.717, 1.165) is 0 Å². The van der Waals surface area contributed by atoms with E-state index in [-0.39, 0.29) is 11.6 Å². The van der Waals surface area contributed by atoms with Gasteiger partial charge in [0.1, 0.15) is 11.5 Å². The maximum absolute atomic E-state index is 12.5. The molecule has 1 unspecified atom stereocenters. The summed E-state index contributed by atoms with van der Waals surface area (Å²) in [5, 5.41) is 0. The molecule has 0 aliphatic rings. The zero-order valence-electron chi connectivity index (χ0n) is 15.2. The highest BCUT2D eigenvalue weighted by Gasteiger charge is 2.17. The van der Waals surface area contributed by atoms with Crippen molar-refractivity contribution < 1.29 is 19.1 Å². The Hall–Kier alpha value is -3.40. The Bertz CT molecular complexity index is 913. The molecular formula is C23H20O4. The Morgan fingerprint density at radius 2 is 1.22 bits per heavy atom. The third-order valence-corrected chi connectivity index (χ3v) is 4.21. The molecule has 136 valence electrons. The molecule has 3 rings (SSSR count). The molecule has 0 fully saturated rings. The van der Waals surface area contributed by atoms with Gasteiger partial charge in [-0.05, 0) is 55.5 Å². The fourth-order valence-electron chi connectivity index (χ4n) is 2.69. The highest BCUT2D eigenvalue weighted by Crippen LogP contribution is 2.19. The Labute approximate surface area is 158 Å². The van der Waals surface area contributed by atoms with Gasteiger partial charge in [-0.3, -0.25) is 9.59 Å². The molecule has 3 aromatic carbocycles. The Balaban J connectivity index is 1.66. The van der Waals surface area contributed by atoms with Crippen LogP contribution < -0.4 is 9.47 Å². The first-order valence-corrected chi connectivity index (χ1v) is 8.63. The summed E-state index contributed by atoms with van der Waals surface area (Å²) in [6.45, 7) is 1.70. The second-order valence-corrected chi connectivity index (χ2v) is 6.07. The lowest BCUT2D eigenvalue weighted by Crippen LogP contribution is -2.23. The molecule has 0 spiro atoms. The second-order valence-electron chi connectivity index (χ2n) is 6.07. The van der Waals surface area contributed by atoms with Crippen LogP contribution in [0.3, 0.4) is 0 Å². The summed E-state index contributed by atoms with van der Waals surface area (Å²) in [7, 11) is 1.58. The topological polar surface area (TPSA) is 52.6 Å². The van der Waals surface area contributed by atoms with E-state index in [9.17, 15) is 9.59 Å². The summed E-state index contributed by atoms with van der Waals surface area (Å²) >= 11 is 0. The van der Waals surface area contributed by atoms with Crippen LogP contribution in [0.1, 0.15) is 33.2 Å². The molecule has 0 saturated carbocycles. The van der Waals surface area contributed by atoms with E-state index in [1.165, 1.54) is 0 Å². The lowest BCUT2D eigenvalue weighted by atomic mass is 10.0. The number of rotatable bonds is 7. The standard InChI is InChI=1S/C23H20O4/c1-16(22(24)18-8-12-20(26-2)13-9-18)27-21-14-10-19(11-15-21)23(25)17-6-4-3-5-7-17/h3-16H,1-2H3. The molecule has 0 radical (unpaired) electrons. The number of ether oxygens (including phenoxy) is 2. The monoisotopic (exact) mass is 360 g/mol. The van der Waals surface area contributed by atoms with Gasteiger partial charge >= 0.3 is 0 Å². The second kappa shape index (κ2) is 8.32. The minimum absolute atomic E-state index is 0.0514. The highest BCUT2D eigenvalue weighted by atomic mass is 16.5. The Kier molecular flexibility index (Phi) is 5.67. The van der Waals surface area contributed by atoms with Crippen molar-refractivity contribution in [2.24, 2.45) is 0 Å². The van der Waals surface area contributed by atoms with Gasteiger partial charge in [-0.2, -0.15) is 0 Å². The third kappa shape index (κ3) is 4.42. The van der Waals surface area contributed by atoms with Gasteiger partial charge in [0, 0.05) is 16.7 Å². The van der Waals surface area contributed by atoms with Gasteiger partial charge in [-0.1, -0.05) is 30.3 Å². The van der Waals surface area contributed by atoms with Crippen molar-refractivity contribution in [2.75, 3.05) is 7.11 Å². The fraction of sp³-hybridized carbons (Fsp3) is 0.130. The molecule has 27 heavy (non-hydrogen) atoms. The highest BCUT2D eigenvalue weighted by molar-refractivity contribution is 6.09. The maximum Gasteiger partial charge on any atom is 0.202 e. The van der Waals surface area contributed by atoms with Gasteiger partial charge in [-0.15, -0.1) is 0 Å². The summed E-state index contributed by atoms with van der Waals surface area (Å²) in [5.74, 6) is 1.05. The predicted molar refractivity (Wildman–Crippen MR) is 104 cm³/mol. The molecule has 0 saturated heterocycles. The van der Waals surface area contributed by atoms with Crippen molar-refractivity contribution >= 4 is 11.6 Å². The van der Waals surface area contributed by atoms with Crippen LogP contribution >= 0.6 is 0 Å². The number of methoxy groups -OCH3 is 1. The number of carbonyl (C=O) groups excluding carboxylic acids is 2. The SMILES string of the molecule is COc1ccc(C(=O)C(C)Oc2ccc(C(=O)c3ccccc3)cc2)cc1. The largest absolute Gasteiger partial charge is 0.497 e. The third-order valence-electron chi connectivity index (χ3n) is 4.21. The fourth-order valence-corrected chi connectivity index (χ4v) is 2.69. The maximum atomic E-state index is 12.5.